The third-order valence-electron chi connectivity index (χ3n) is 3.69. The Morgan fingerprint density at radius 1 is 1.26 bits per heavy atom. The lowest BCUT2D eigenvalue weighted by Gasteiger charge is -2.34. The maximum atomic E-state index is 12.2. The van der Waals surface area contributed by atoms with Crippen LogP contribution in [-0.4, -0.2) is 53.0 Å². The van der Waals surface area contributed by atoms with Gasteiger partial charge in [-0.3, -0.25) is 9.59 Å². The van der Waals surface area contributed by atoms with Crippen LogP contribution >= 0.6 is 0 Å². The van der Waals surface area contributed by atoms with E-state index in [0.717, 1.165) is 32.7 Å². The molecule has 5 nitrogen and oxygen atoms in total. The van der Waals surface area contributed by atoms with Crippen molar-refractivity contribution in [1.82, 2.24) is 14.4 Å². The molecule has 0 radical (unpaired) electrons. The van der Waals surface area contributed by atoms with Crippen molar-refractivity contribution in [2.24, 2.45) is 0 Å². The number of piperazine rings is 1. The van der Waals surface area contributed by atoms with Gasteiger partial charge in [-0.2, -0.15) is 0 Å². The highest BCUT2D eigenvalue weighted by atomic mass is 16.2. The summed E-state index contributed by atoms with van der Waals surface area (Å²) in [5.41, 5.74) is 0.592. The second-order valence-electron chi connectivity index (χ2n) is 4.94. The third-order valence-corrected chi connectivity index (χ3v) is 3.69. The van der Waals surface area contributed by atoms with Gasteiger partial charge in [-0.15, -0.1) is 0 Å². The number of carbonyl (C=O) groups is 1. The topological polar surface area (TPSA) is 45.5 Å². The number of carbonyl (C=O) groups excluding carboxylic acids is 1. The molecule has 1 aromatic heterocycles. The van der Waals surface area contributed by atoms with E-state index in [1.54, 1.807) is 25.3 Å². The average Bonchev–Trinajstić information content (AvgIpc) is 2.44. The summed E-state index contributed by atoms with van der Waals surface area (Å²) in [7, 11) is 0. The van der Waals surface area contributed by atoms with Crippen LogP contribution in [0.4, 0.5) is 0 Å². The van der Waals surface area contributed by atoms with Gasteiger partial charge >= 0.3 is 0 Å². The highest BCUT2D eigenvalue weighted by Crippen LogP contribution is 2.02. The Bertz CT molecular complexity index is 502. The van der Waals surface area contributed by atoms with Crippen molar-refractivity contribution in [3.63, 3.8) is 0 Å². The minimum atomic E-state index is -0.0805. The van der Waals surface area contributed by atoms with Gasteiger partial charge in [0.25, 0.3) is 5.56 Å². The van der Waals surface area contributed by atoms with Crippen LogP contribution in [0.2, 0.25) is 0 Å². The van der Waals surface area contributed by atoms with Crippen molar-refractivity contribution in [2.45, 2.75) is 20.4 Å². The Labute approximate surface area is 113 Å². The van der Waals surface area contributed by atoms with Crippen molar-refractivity contribution in [2.75, 3.05) is 32.7 Å². The van der Waals surface area contributed by atoms with Crippen LogP contribution in [0.15, 0.2) is 23.1 Å². The monoisotopic (exact) mass is 263 g/mol. The lowest BCUT2D eigenvalue weighted by Crippen LogP contribution is -2.49. The molecule has 1 aromatic rings. The highest BCUT2D eigenvalue weighted by molar-refractivity contribution is 5.76. The quantitative estimate of drug-likeness (QED) is 0.789. The summed E-state index contributed by atoms with van der Waals surface area (Å²) in [6.07, 6.45) is 1.68. The Hall–Kier alpha value is -1.62. The fraction of sp³-hybridized carbons (Fsp3) is 0.571. The lowest BCUT2D eigenvalue weighted by molar-refractivity contribution is -0.133. The van der Waals surface area contributed by atoms with Gasteiger partial charge in [0.1, 0.15) is 6.54 Å². The summed E-state index contributed by atoms with van der Waals surface area (Å²) in [5, 5.41) is 0. The fourth-order valence-corrected chi connectivity index (χ4v) is 2.34. The summed E-state index contributed by atoms with van der Waals surface area (Å²) in [6, 6.07) is 3.57. The first-order valence-corrected chi connectivity index (χ1v) is 6.78. The molecule has 5 heteroatoms. The summed E-state index contributed by atoms with van der Waals surface area (Å²) >= 11 is 0. The lowest BCUT2D eigenvalue weighted by atomic mass is 10.3. The Balaban J connectivity index is 1.98. The molecular weight excluding hydrogens is 242 g/mol. The molecule has 0 atom stereocenters. The number of pyridine rings is 1. The highest BCUT2D eigenvalue weighted by Gasteiger charge is 2.20. The minimum Gasteiger partial charge on any atom is -0.339 e. The van der Waals surface area contributed by atoms with Gasteiger partial charge in [0.15, 0.2) is 0 Å². The van der Waals surface area contributed by atoms with Gasteiger partial charge in [0, 0.05) is 37.9 Å². The van der Waals surface area contributed by atoms with Crippen LogP contribution in [0.1, 0.15) is 12.5 Å². The van der Waals surface area contributed by atoms with E-state index in [4.69, 9.17) is 0 Å². The van der Waals surface area contributed by atoms with E-state index >= 15 is 0 Å². The Kier molecular flexibility index (Phi) is 4.37. The fourth-order valence-electron chi connectivity index (χ4n) is 2.34. The van der Waals surface area contributed by atoms with Crippen molar-refractivity contribution in [1.29, 1.82) is 0 Å². The van der Waals surface area contributed by atoms with Gasteiger partial charge in [-0.25, -0.2) is 0 Å². The number of hydrogen-bond acceptors (Lipinski definition) is 3. The first kappa shape index (κ1) is 13.8. The first-order chi connectivity index (χ1) is 9.11. The molecule has 0 N–H and O–H groups in total. The Morgan fingerprint density at radius 3 is 2.58 bits per heavy atom. The Morgan fingerprint density at radius 2 is 1.95 bits per heavy atom. The molecule has 1 fully saturated rings. The zero-order valence-corrected chi connectivity index (χ0v) is 11.6. The number of nitrogens with zero attached hydrogens (tertiary/aromatic N) is 3. The van der Waals surface area contributed by atoms with Crippen LogP contribution in [0.3, 0.4) is 0 Å². The van der Waals surface area contributed by atoms with Gasteiger partial charge in [-0.05, 0) is 19.5 Å². The smallest absolute Gasteiger partial charge is 0.253 e. The molecule has 1 aliphatic rings. The second kappa shape index (κ2) is 6.02. The molecule has 1 amide bonds. The first-order valence-electron chi connectivity index (χ1n) is 6.78. The molecule has 2 heterocycles. The number of aromatic nitrogens is 1. The molecule has 2 rings (SSSR count). The number of rotatable bonds is 3. The average molecular weight is 263 g/mol. The maximum Gasteiger partial charge on any atom is 0.253 e. The van der Waals surface area contributed by atoms with E-state index in [2.05, 4.69) is 11.8 Å². The predicted molar refractivity (Wildman–Crippen MR) is 74.1 cm³/mol. The molecule has 0 bridgehead atoms. The van der Waals surface area contributed by atoms with E-state index in [0.29, 0.717) is 5.56 Å². The van der Waals surface area contributed by atoms with E-state index in [1.165, 1.54) is 4.57 Å². The van der Waals surface area contributed by atoms with Crippen LogP contribution in [0.25, 0.3) is 0 Å². The van der Waals surface area contributed by atoms with Crippen molar-refractivity contribution in [3.8, 4) is 0 Å². The van der Waals surface area contributed by atoms with Crippen LogP contribution < -0.4 is 5.56 Å². The van der Waals surface area contributed by atoms with E-state index in [-0.39, 0.29) is 18.0 Å². The number of amides is 1. The van der Waals surface area contributed by atoms with Gasteiger partial charge in [0.05, 0.1) is 0 Å². The number of likely N-dealkylation sites (N-methyl/N-ethyl adjacent to an activating group) is 1. The molecule has 0 saturated carbocycles. The van der Waals surface area contributed by atoms with Gasteiger partial charge in [0.2, 0.25) is 5.91 Å². The van der Waals surface area contributed by atoms with Gasteiger partial charge in [-0.1, -0.05) is 13.0 Å². The molecule has 1 saturated heterocycles. The van der Waals surface area contributed by atoms with Crippen molar-refractivity contribution in [3.05, 3.63) is 34.2 Å². The SMILES string of the molecule is CCN1CCN(C(=O)Cn2cccc(C)c2=O)CC1. The summed E-state index contributed by atoms with van der Waals surface area (Å²) in [4.78, 5) is 28.2. The summed E-state index contributed by atoms with van der Waals surface area (Å²) in [5.74, 6) is 0.0310. The van der Waals surface area contributed by atoms with Crippen molar-refractivity contribution >= 4 is 5.91 Å². The summed E-state index contributed by atoms with van der Waals surface area (Å²) < 4.78 is 1.49. The molecule has 0 aliphatic carbocycles. The second-order valence-corrected chi connectivity index (χ2v) is 4.94. The molecule has 104 valence electrons. The van der Waals surface area contributed by atoms with Crippen LogP contribution in [0, 0.1) is 6.92 Å². The van der Waals surface area contributed by atoms with E-state index < -0.39 is 0 Å². The predicted octanol–water partition coefficient (Wildman–Crippen LogP) is 0.321. The maximum absolute atomic E-state index is 12.2. The third kappa shape index (κ3) is 3.23. The zero-order chi connectivity index (χ0) is 13.8. The molecule has 0 spiro atoms. The van der Waals surface area contributed by atoms with E-state index in [9.17, 15) is 9.59 Å². The molecule has 19 heavy (non-hydrogen) atoms. The van der Waals surface area contributed by atoms with Crippen molar-refractivity contribution < 1.29 is 4.79 Å². The normalized spacial score (nSPS) is 16.6. The molecule has 0 aromatic carbocycles. The summed E-state index contributed by atoms with van der Waals surface area (Å²) in [6.45, 7) is 8.43. The van der Waals surface area contributed by atoms with Crippen LogP contribution in [-0.2, 0) is 11.3 Å². The van der Waals surface area contributed by atoms with Crippen LogP contribution in [0.5, 0.6) is 0 Å². The number of aryl methyl sites for hydroxylation is 1. The van der Waals surface area contributed by atoms with Gasteiger partial charge < -0.3 is 14.4 Å². The standard InChI is InChI=1S/C14H21N3O2/c1-3-15-7-9-16(10-8-15)13(18)11-17-6-4-5-12(2)14(17)19/h4-6H,3,7-11H2,1-2H3. The molecule has 0 unspecified atom stereocenters. The van der Waals surface area contributed by atoms with E-state index in [1.807, 2.05) is 4.90 Å². The largest absolute Gasteiger partial charge is 0.339 e. The molecular formula is C14H21N3O2. The zero-order valence-electron chi connectivity index (χ0n) is 11.6. The molecule has 1 aliphatic heterocycles. The minimum absolute atomic E-state index is 0.0310. The number of hydrogen-bond donors (Lipinski definition) is 0.